The third-order valence-corrected chi connectivity index (χ3v) is 6.48. The van der Waals surface area contributed by atoms with E-state index in [1.807, 2.05) is 38.2 Å². The summed E-state index contributed by atoms with van der Waals surface area (Å²) in [7, 11) is 0. The normalized spacial score (nSPS) is 22.7. The Balaban J connectivity index is 1.55. The van der Waals surface area contributed by atoms with Gasteiger partial charge in [0.2, 0.25) is 0 Å². The molecule has 5 rings (SSSR count). The molecule has 0 bridgehead atoms. The fourth-order valence-corrected chi connectivity index (χ4v) is 4.67. The fraction of sp³-hybridized carbons (Fsp3) is 0.370. The fourth-order valence-electron chi connectivity index (χ4n) is 4.67. The van der Waals surface area contributed by atoms with Gasteiger partial charge in [-0.05, 0) is 62.7 Å². The molecule has 9 nitrogen and oxygen atoms in total. The van der Waals surface area contributed by atoms with Gasteiger partial charge in [-0.15, -0.1) is 0 Å². The van der Waals surface area contributed by atoms with Gasteiger partial charge in [-0.25, -0.2) is 9.38 Å². The molecule has 37 heavy (non-hydrogen) atoms. The van der Waals surface area contributed by atoms with Gasteiger partial charge in [0.1, 0.15) is 30.2 Å². The van der Waals surface area contributed by atoms with Crippen LogP contribution in [0.5, 0.6) is 11.5 Å². The van der Waals surface area contributed by atoms with Gasteiger partial charge in [0.15, 0.2) is 17.7 Å². The number of nitrogens with zero attached hydrogens (tertiary/aromatic N) is 3. The van der Waals surface area contributed by atoms with Gasteiger partial charge in [-0.2, -0.15) is 0 Å². The van der Waals surface area contributed by atoms with Crippen LogP contribution >= 0.6 is 0 Å². The molecule has 1 saturated heterocycles. The lowest BCUT2D eigenvalue weighted by molar-refractivity contribution is -0.0308. The summed E-state index contributed by atoms with van der Waals surface area (Å²) in [6, 6.07) is 11.8. The van der Waals surface area contributed by atoms with Gasteiger partial charge in [-0.1, -0.05) is 6.07 Å². The molecule has 0 spiro atoms. The van der Waals surface area contributed by atoms with Crippen LogP contribution < -0.4 is 14.9 Å². The van der Waals surface area contributed by atoms with Crippen molar-refractivity contribution in [3.8, 4) is 22.6 Å². The largest absolute Gasteiger partial charge is 0.490 e. The number of ether oxygens (including phenoxy) is 3. The highest BCUT2D eigenvalue weighted by molar-refractivity contribution is 5.79. The molecular formula is C27H31FN4O5. The predicted octanol–water partition coefficient (Wildman–Crippen LogP) is 4.23. The zero-order valence-corrected chi connectivity index (χ0v) is 21.0. The molecule has 196 valence electrons. The molecule has 1 fully saturated rings. The molecule has 0 radical (unpaired) electrons. The SMILES string of the molecule is CCOc1ccc(-c2cn([C@@H]3O[C@H](C)[C@@H](O)[C@H]3O)c3c2CN(Nc2ccc(F)cc2)C=N3)cc1OCC. The Bertz CT molecular complexity index is 1280. The summed E-state index contributed by atoms with van der Waals surface area (Å²) < 4.78 is 32.6. The number of rotatable bonds is 8. The van der Waals surface area contributed by atoms with Crippen molar-refractivity contribution in [2.24, 2.45) is 4.99 Å². The molecule has 2 aliphatic heterocycles. The summed E-state index contributed by atoms with van der Waals surface area (Å²) >= 11 is 0. The number of nitrogens with one attached hydrogen (secondary N) is 1. The minimum Gasteiger partial charge on any atom is -0.490 e. The Kier molecular flexibility index (Phi) is 7.05. The maximum Gasteiger partial charge on any atom is 0.164 e. The Morgan fingerprint density at radius 2 is 1.78 bits per heavy atom. The molecule has 4 atom stereocenters. The van der Waals surface area contributed by atoms with Gasteiger partial charge in [0, 0.05) is 17.3 Å². The van der Waals surface area contributed by atoms with E-state index in [2.05, 4.69) is 10.4 Å². The van der Waals surface area contributed by atoms with Crippen LogP contribution in [0.1, 0.15) is 32.6 Å². The molecule has 2 aliphatic rings. The van der Waals surface area contributed by atoms with Crippen molar-refractivity contribution in [3.63, 3.8) is 0 Å². The number of aliphatic hydroxyl groups excluding tert-OH is 2. The van der Waals surface area contributed by atoms with Crippen LogP contribution in [0, 0.1) is 5.82 Å². The van der Waals surface area contributed by atoms with E-state index in [-0.39, 0.29) is 5.82 Å². The van der Waals surface area contributed by atoms with Crippen molar-refractivity contribution < 1.29 is 28.8 Å². The van der Waals surface area contributed by atoms with Gasteiger partial charge in [-0.3, -0.25) is 10.4 Å². The molecular weight excluding hydrogens is 479 g/mol. The molecule has 2 aromatic carbocycles. The third-order valence-electron chi connectivity index (χ3n) is 6.48. The first-order chi connectivity index (χ1) is 17.9. The highest BCUT2D eigenvalue weighted by atomic mass is 19.1. The predicted molar refractivity (Wildman–Crippen MR) is 138 cm³/mol. The lowest BCUT2D eigenvalue weighted by Gasteiger charge is -2.26. The number of aliphatic imine (C=N–C) groups is 1. The van der Waals surface area contributed by atoms with Gasteiger partial charge in [0.25, 0.3) is 0 Å². The van der Waals surface area contributed by atoms with Crippen LogP contribution in [0.2, 0.25) is 0 Å². The average Bonchev–Trinajstić information content (AvgIpc) is 3.39. The number of aliphatic hydroxyl groups is 2. The molecule has 0 aliphatic carbocycles. The number of aromatic nitrogens is 1. The third kappa shape index (κ3) is 4.87. The topological polar surface area (TPSA) is 101 Å². The van der Waals surface area contributed by atoms with Crippen LogP contribution in [-0.2, 0) is 11.3 Å². The second kappa shape index (κ2) is 10.4. The quantitative estimate of drug-likeness (QED) is 0.417. The minimum absolute atomic E-state index is 0.313. The molecule has 0 saturated carbocycles. The number of fused-ring (bicyclic) bond motifs is 1. The summed E-state index contributed by atoms with van der Waals surface area (Å²) in [5.74, 6) is 1.59. The molecule has 3 aromatic rings. The van der Waals surface area contributed by atoms with Gasteiger partial charge >= 0.3 is 0 Å². The maximum atomic E-state index is 13.4. The van der Waals surface area contributed by atoms with E-state index in [1.54, 1.807) is 35.0 Å². The van der Waals surface area contributed by atoms with Crippen LogP contribution in [-0.4, -0.2) is 57.7 Å². The number of hydrazine groups is 1. The first-order valence-corrected chi connectivity index (χ1v) is 12.4. The van der Waals surface area contributed by atoms with Crippen LogP contribution in [0.3, 0.4) is 0 Å². The second-order valence-corrected chi connectivity index (χ2v) is 8.98. The van der Waals surface area contributed by atoms with Crippen LogP contribution in [0.15, 0.2) is 53.7 Å². The second-order valence-electron chi connectivity index (χ2n) is 8.98. The van der Waals surface area contributed by atoms with Crippen LogP contribution in [0.25, 0.3) is 11.1 Å². The molecule has 1 aromatic heterocycles. The van der Waals surface area contributed by atoms with E-state index >= 15 is 0 Å². The number of anilines is 1. The minimum atomic E-state index is -1.11. The number of halogens is 1. The van der Waals surface area contributed by atoms with E-state index < -0.39 is 24.5 Å². The molecule has 10 heteroatoms. The zero-order chi connectivity index (χ0) is 26.1. The standard InChI is InChI=1S/C27H31FN4O5/c1-4-35-22-11-6-17(12-23(22)36-5-2)20-14-32(27-25(34)24(33)16(3)37-27)26-21(20)13-31(15-29-26)30-19-9-7-18(28)8-10-19/h6-12,14-16,24-25,27,30,33-34H,4-5,13H2,1-3H3/t16-,24-,25-,27-/m1/s1. The summed E-state index contributed by atoms with van der Waals surface area (Å²) in [6.45, 7) is 6.99. The van der Waals surface area contributed by atoms with E-state index in [9.17, 15) is 14.6 Å². The summed E-state index contributed by atoms with van der Waals surface area (Å²) in [4.78, 5) is 4.67. The van der Waals surface area contributed by atoms with Gasteiger partial charge in [0.05, 0.1) is 31.5 Å². The molecule has 0 unspecified atom stereocenters. The van der Waals surface area contributed by atoms with Crippen molar-refractivity contribution >= 4 is 17.8 Å². The maximum absolute atomic E-state index is 13.4. The summed E-state index contributed by atoms with van der Waals surface area (Å²) in [5, 5.41) is 22.8. The monoisotopic (exact) mass is 510 g/mol. The first kappa shape index (κ1) is 25.1. The molecule has 3 heterocycles. The lowest BCUT2D eigenvalue weighted by Crippen LogP contribution is -2.31. The zero-order valence-electron chi connectivity index (χ0n) is 21.0. The van der Waals surface area contributed by atoms with E-state index in [0.29, 0.717) is 42.8 Å². The molecule has 0 amide bonds. The van der Waals surface area contributed by atoms with E-state index in [1.165, 1.54) is 12.1 Å². The smallest absolute Gasteiger partial charge is 0.164 e. The van der Waals surface area contributed by atoms with E-state index in [0.717, 1.165) is 16.7 Å². The summed E-state index contributed by atoms with van der Waals surface area (Å²) in [6.07, 6.45) is 0.0794. The highest BCUT2D eigenvalue weighted by Gasteiger charge is 2.43. The Labute approximate surface area is 214 Å². The average molecular weight is 511 g/mol. The number of benzene rings is 2. The first-order valence-electron chi connectivity index (χ1n) is 12.4. The Morgan fingerprint density at radius 1 is 1.05 bits per heavy atom. The van der Waals surface area contributed by atoms with Crippen LogP contribution in [0.4, 0.5) is 15.9 Å². The lowest BCUT2D eigenvalue weighted by atomic mass is 10.0. The van der Waals surface area contributed by atoms with Crippen molar-refractivity contribution in [2.45, 2.75) is 51.9 Å². The highest BCUT2D eigenvalue weighted by Crippen LogP contribution is 2.43. The molecule has 3 N–H and O–H groups in total. The van der Waals surface area contributed by atoms with Crippen molar-refractivity contribution in [1.29, 1.82) is 0 Å². The van der Waals surface area contributed by atoms with Gasteiger partial charge < -0.3 is 29.0 Å². The number of hydrogen-bond donors (Lipinski definition) is 3. The Morgan fingerprint density at radius 3 is 2.46 bits per heavy atom. The number of hydrogen-bond acceptors (Lipinski definition) is 8. The van der Waals surface area contributed by atoms with Crippen molar-refractivity contribution in [3.05, 3.63) is 60.0 Å². The Hall–Kier alpha value is -3.60. The van der Waals surface area contributed by atoms with Crippen molar-refractivity contribution in [2.75, 3.05) is 18.6 Å². The summed E-state index contributed by atoms with van der Waals surface area (Å²) in [5.41, 5.74) is 6.57. The van der Waals surface area contributed by atoms with E-state index in [4.69, 9.17) is 14.2 Å². The van der Waals surface area contributed by atoms with Crippen molar-refractivity contribution in [1.82, 2.24) is 9.58 Å².